The molecule has 0 aliphatic heterocycles. The van der Waals surface area contributed by atoms with Crippen LogP contribution < -0.4 is 15.6 Å². The molecule has 3 rings (SSSR count). The Balaban J connectivity index is 1.62. The van der Waals surface area contributed by atoms with Crippen LogP contribution >= 0.6 is 0 Å². The molecule has 1 heterocycles. The van der Waals surface area contributed by atoms with Crippen molar-refractivity contribution in [2.75, 3.05) is 18.4 Å². The van der Waals surface area contributed by atoms with Crippen LogP contribution in [0.4, 0.5) is 5.82 Å². The van der Waals surface area contributed by atoms with Gasteiger partial charge in [-0.05, 0) is 44.4 Å². The summed E-state index contributed by atoms with van der Waals surface area (Å²) in [5.41, 5.74) is 3.55. The van der Waals surface area contributed by atoms with Crippen molar-refractivity contribution in [3.05, 3.63) is 35.4 Å². The lowest BCUT2D eigenvalue weighted by atomic mass is 10.1. The molecule has 110 valence electrons. The number of hydrogen-bond acceptors (Lipinski definition) is 2. The molecule has 3 N–H and O–H groups in total. The van der Waals surface area contributed by atoms with E-state index >= 15 is 0 Å². The number of H-pyrrole nitrogens is 1. The maximum absolute atomic E-state index is 11.5. The third kappa shape index (κ3) is 3.32. The lowest BCUT2D eigenvalue weighted by Gasteiger charge is -2.06. The van der Waals surface area contributed by atoms with E-state index in [9.17, 15) is 4.79 Å². The highest BCUT2D eigenvalue weighted by Crippen LogP contribution is 2.28. The summed E-state index contributed by atoms with van der Waals surface area (Å²) in [5.74, 6) is 1.50. The molecule has 21 heavy (non-hydrogen) atoms. The van der Waals surface area contributed by atoms with Crippen LogP contribution in [0.25, 0.3) is 10.9 Å². The molecule has 0 spiro atoms. The molecule has 1 aromatic heterocycles. The van der Waals surface area contributed by atoms with Crippen molar-refractivity contribution in [1.29, 1.82) is 0 Å². The first kappa shape index (κ1) is 13.9. The Morgan fingerprint density at radius 1 is 1.24 bits per heavy atom. The lowest BCUT2D eigenvalue weighted by Crippen LogP contribution is -2.31. The Kier molecular flexibility index (Phi) is 3.78. The molecule has 0 bridgehead atoms. The molecule has 1 fully saturated rings. The first-order valence-electron chi connectivity index (χ1n) is 7.58. The Hall–Kier alpha value is -2.10. The minimum absolute atomic E-state index is 0.201. The van der Waals surface area contributed by atoms with Crippen LogP contribution in [0, 0.1) is 19.8 Å². The van der Waals surface area contributed by atoms with Gasteiger partial charge < -0.3 is 5.32 Å². The fourth-order valence-electron chi connectivity index (χ4n) is 2.49. The van der Waals surface area contributed by atoms with Gasteiger partial charge in [0.05, 0.1) is 6.54 Å². The zero-order chi connectivity index (χ0) is 14.8. The summed E-state index contributed by atoms with van der Waals surface area (Å²) in [4.78, 5) is 15.0. The van der Waals surface area contributed by atoms with E-state index in [0.29, 0.717) is 6.54 Å². The van der Waals surface area contributed by atoms with Crippen LogP contribution in [0.5, 0.6) is 0 Å². The van der Waals surface area contributed by atoms with Gasteiger partial charge in [0.2, 0.25) is 5.91 Å². The summed E-state index contributed by atoms with van der Waals surface area (Å²) in [7, 11) is 0. The second-order valence-electron chi connectivity index (χ2n) is 5.91. The van der Waals surface area contributed by atoms with E-state index in [4.69, 9.17) is 0 Å². The molecule has 0 radical (unpaired) electrons. The van der Waals surface area contributed by atoms with Crippen molar-refractivity contribution in [3.63, 3.8) is 0 Å². The van der Waals surface area contributed by atoms with E-state index < -0.39 is 0 Å². The molecule has 1 aliphatic rings. The van der Waals surface area contributed by atoms with Gasteiger partial charge in [-0.25, -0.2) is 4.98 Å². The summed E-state index contributed by atoms with van der Waals surface area (Å²) < 4.78 is 0. The molecular formula is C17H22N3O+. The van der Waals surface area contributed by atoms with Crippen LogP contribution in [0.3, 0.4) is 0 Å². The van der Waals surface area contributed by atoms with Crippen molar-refractivity contribution in [2.45, 2.75) is 26.7 Å². The van der Waals surface area contributed by atoms with Gasteiger partial charge in [0, 0.05) is 16.9 Å². The van der Waals surface area contributed by atoms with Gasteiger partial charge in [-0.1, -0.05) is 12.1 Å². The number of anilines is 1. The standard InChI is InChI=1S/C17H21N3O/c1-11-3-4-14-10-12(2)16(20-15(14)9-11)18-7-8-19-17(21)13-5-6-13/h3-4,9-10,13H,5-8H2,1-2H3,(H,18,20)(H,19,21)/p+1. The predicted molar refractivity (Wildman–Crippen MR) is 84.2 cm³/mol. The van der Waals surface area contributed by atoms with Gasteiger partial charge in [-0.2, -0.15) is 0 Å². The number of hydrogen-bond donors (Lipinski definition) is 2. The number of aromatic amines is 1. The van der Waals surface area contributed by atoms with Gasteiger partial charge in [-0.15, -0.1) is 0 Å². The van der Waals surface area contributed by atoms with Crippen molar-refractivity contribution in [3.8, 4) is 0 Å². The highest BCUT2D eigenvalue weighted by Gasteiger charge is 2.29. The summed E-state index contributed by atoms with van der Waals surface area (Å²) in [6.07, 6.45) is 2.10. The second kappa shape index (κ2) is 5.72. The molecule has 0 atom stereocenters. The van der Waals surface area contributed by atoms with Gasteiger partial charge in [0.1, 0.15) is 12.1 Å². The molecule has 1 aromatic carbocycles. The molecule has 0 unspecified atom stereocenters. The van der Waals surface area contributed by atoms with Crippen LogP contribution in [0.1, 0.15) is 24.0 Å². The third-order valence-electron chi connectivity index (χ3n) is 3.91. The van der Waals surface area contributed by atoms with Gasteiger partial charge in [-0.3, -0.25) is 10.1 Å². The number of aromatic nitrogens is 1. The number of amides is 1. The number of benzene rings is 1. The Morgan fingerprint density at radius 3 is 2.81 bits per heavy atom. The molecule has 2 aromatic rings. The van der Waals surface area contributed by atoms with E-state index in [1.807, 2.05) is 0 Å². The van der Waals surface area contributed by atoms with Crippen molar-refractivity contribution in [1.82, 2.24) is 5.32 Å². The average Bonchev–Trinajstić information content (AvgIpc) is 3.28. The van der Waals surface area contributed by atoms with Crippen molar-refractivity contribution >= 4 is 22.6 Å². The van der Waals surface area contributed by atoms with E-state index in [2.05, 4.69) is 53.7 Å². The second-order valence-corrected chi connectivity index (χ2v) is 5.91. The van der Waals surface area contributed by atoms with Crippen molar-refractivity contribution < 1.29 is 9.78 Å². The number of carbonyl (C=O) groups excluding carboxylic acids is 1. The minimum Gasteiger partial charge on any atom is -0.352 e. The molecular weight excluding hydrogens is 262 g/mol. The van der Waals surface area contributed by atoms with Crippen LogP contribution in [-0.4, -0.2) is 19.0 Å². The van der Waals surface area contributed by atoms with Gasteiger partial charge in [0.15, 0.2) is 0 Å². The predicted octanol–water partition coefficient (Wildman–Crippen LogP) is 2.21. The minimum atomic E-state index is 0.201. The number of nitrogens with one attached hydrogen (secondary N) is 3. The fraction of sp³-hybridized carbons (Fsp3) is 0.412. The number of aryl methyl sites for hydroxylation is 2. The van der Waals surface area contributed by atoms with Gasteiger partial charge >= 0.3 is 0 Å². The molecule has 4 heteroatoms. The highest BCUT2D eigenvalue weighted by molar-refractivity contribution is 5.81. The zero-order valence-electron chi connectivity index (χ0n) is 12.6. The summed E-state index contributed by atoms with van der Waals surface area (Å²) in [5, 5.41) is 7.55. The summed E-state index contributed by atoms with van der Waals surface area (Å²) in [6.45, 7) is 5.57. The SMILES string of the molecule is Cc1ccc2cc(C)c(NCCNC(=O)C3CC3)[nH+]c2c1. The smallest absolute Gasteiger partial charge is 0.275 e. The summed E-state index contributed by atoms with van der Waals surface area (Å²) >= 11 is 0. The number of rotatable bonds is 5. The average molecular weight is 284 g/mol. The van der Waals surface area contributed by atoms with Crippen LogP contribution in [0.15, 0.2) is 24.3 Å². The monoisotopic (exact) mass is 284 g/mol. The fourth-order valence-corrected chi connectivity index (χ4v) is 2.49. The molecule has 1 saturated carbocycles. The van der Waals surface area contributed by atoms with E-state index in [0.717, 1.165) is 30.7 Å². The third-order valence-corrected chi connectivity index (χ3v) is 3.91. The Bertz CT molecular complexity index is 677. The molecule has 0 saturated heterocycles. The zero-order valence-corrected chi connectivity index (χ0v) is 12.6. The molecule has 4 nitrogen and oxygen atoms in total. The van der Waals surface area contributed by atoms with Gasteiger partial charge in [0.25, 0.3) is 5.82 Å². The number of carbonyl (C=O) groups is 1. The first-order valence-corrected chi connectivity index (χ1v) is 7.58. The van der Waals surface area contributed by atoms with Crippen LogP contribution in [0.2, 0.25) is 0 Å². The maximum atomic E-state index is 11.5. The van der Waals surface area contributed by atoms with E-state index in [1.54, 1.807) is 0 Å². The highest BCUT2D eigenvalue weighted by atomic mass is 16.2. The lowest BCUT2D eigenvalue weighted by molar-refractivity contribution is -0.327. The molecule has 1 aliphatic carbocycles. The molecule has 1 amide bonds. The quantitative estimate of drug-likeness (QED) is 0.827. The largest absolute Gasteiger partial charge is 0.352 e. The number of pyridine rings is 1. The topological polar surface area (TPSA) is 55.3 Å². The first-order chi connectivity index (χ1) is 10.1. The maximum Gasteiger partial charge on any atom is 0.275 e. The Morgan fingerprint density at radius 2 is 2.05 bits per heavy atom. The summed E-state index contributed by atoms with van der Waals surface area (Å²) in [6, 6.07) is 8.58. The Labute approximate surface area is 125 Å². The van der Waals surface area contributed by atoms with E-state index in [-0.39, 0.29) is 11.8 Å². The normalized spacial score (nSPS) is 14.2. The number of fused-ring (bicyclic) bond motifs is 1. The van der Waals surface area contributed by atoms with E-state index in [1.165, 1.54) is 16.5 Å². The van der Waals surface area contributed by atoms with Crippen LogP contribution in [-0.2, 0) is 4.79 Å². The van der Waals surface area contributed by atoms with Crippen molar-refractivity contribution in [2.24, 2.45) is 5.92 Å².